The van der Waals surface area contributed by atoms with Gasteiger partial charge in [0.25, 0.3) is 0 Å². The van der Waals surface area contributed by atoms with Crippen LogP contribution in [0.5, 0.6) is 0 Å². The number of aryl methyl sites for hydroxylation is 1. The van der Waals surface area contributed by atoms with Gasteiger partial charge in [-0.05, 0) is 31.8 Å². The maximum atomic E-state index is 4.98. The van der Waals surface area contributed by atoms with Gasteiger partial charge in [-0.1, -0.05) is 31.8 Å². The van der Waals surface area contributed by atoms with Crippen molar-refractivity contribution < 1.29 is 4.52 Å². The van der Waals surface area contributed by atoms with Gasteiger partial charge in [-0.25, -0.2) is 0 Å². The summed E-state index contributed by atoms with van der Waals surface area (Å²) in [4.78, 5) is 11.1. The number of nitrogens with one attached hydrogen (secondary N) is 2. The first kappa shape index (κ1) is 22.1. The van der Waals surface area contributed by atoms with Gasteiger partial charge in [0.1, 0.15) is 0 Å². The van der Waals surface area contributed by atoms with Crippen molar-refractivity contribution in [3.8, 4) is 0 Å². The molecule has 8 heteroatoms. The van der Waals surface area contributed by atoms with Crippen molar-refractivity contribution in [1.29, 1.82) is 0 Å². The van der Waals surface area contributed by atoms with Crippen LogP contribution in [0.3, 0.4) is 0 Å². The maximum Gasteiger partial charge on any atom is 0.223 e. The molecule has 1 aromatic rings. The van der Waals surface area contributed by atoms with Crippen LogP contribution in [0.25, 0.3) is 0 Å². The van der Waals surface area contributed by atoms with Crippen LogP contribution in [0.4, 0.5) is 0 Å². The normalized spacial score (nSPS) is 17.7. The van der Waals surface area contributed by atoms with Crippen LogP contribution in [0.2, 0.25) is 0 Å². The molecule has 1 fully saturated rings. The molecule has 2 N–H and O–H groups in total. The monoisotopic (exact) mass is 464 g/mol. The van der Waals surface area contributed by atoms with Crippen molar-refractivity contribution in [3.63, 3.8) is 0 Å². The highest BCUT2D eigenvalue weighted by atomic mass is 127. The van der Waals surface area contributed by atoms with Crippen molar-refractivity contribution in [2.75, 3.05) is 26.7 Å². The Morgan fingerprint density at radius 1 is 1.20 bits per heavy atom. The zero-order valence-corrected chi connectivity index (χ0v) is 18.2. The topological polar surface area (TPSA) is 78.6 Å². The minimum absolute atomic E-state index is 0. The Balaban J connectivity index is 0.00000312. The number of halogens is 1. The number of nitrogens with zero attached hydrogens (tertiary/aromatic N) is 4. The molecule has 0 aliphatic carbocycles. The van der Waals surface area contributed by atoms with E-state index in [-0.39, 0.29) is 24.0 Å². The van der Waals surface area contributed by atoms with Gasteiger partial charge >= 0.3 is 0 Å². The van der Waals surface area contributed by atoms with E-state index in [0.717, 1.165) is 12.5 Å². The number of rotatable bonds is 6. The van der Waals surface area contributed by atoms with E-state index in [0.29, 0.717) is 30.2 Å². The molecule has 0 bridgehead atoms. The smallest absolute Gasteiger partial charge is 0.223 e. The average molecular weight is 464 g/mol. The molecule has 2 heterocycles. The fourth-order valence-corrected chi connectivity index (χ4v) is 3.21. The Bertz CT molecular complexity index is 511. The third kappa shape index (κ3) is 7.47. The van der Waals surface area contributed by atoms with E-state index in [1.54, 1.807) is 14.0 Å². The molecule has 0 radical (unpaired) electrons. The lowest BCUT2D eigenvalue weighted by atomic mass is 10.0. The second-order valence-electron chi connectivity index (χ2n) is 6.80. The van der Waals surface area contributed by atoms with Crippen molar-refractivity contribution in [2.45, 2.75) is 59.0 Å². The van der Waals surface area contributed by atoms with Gasteiger partial charge in [-0.3, -0.25) is 9.89 Å². The molecule has 1 aromatic heterocycles. The molecular formula is C17H33IN6O. The second kappa shape index (κ2) is 11.7. The fourth-order valence-electron chi connectivity index (χ4n) is 3.21. The van der Waals surface area contributed by atoms with E-state index < -0.39 is 0 Å². The highest BCUT2D eigenvalue weighted by Gasteiger charge is 2.22. The van der Waals surface area contributed by atoms with Crippen LogP contribution >= 0.6 is 24.0 Å². The summed E-state index contributed by atoms with van der Waals surface area (Å²) in [7, 11) is 1.78. The fraction of sp³-hybridized carbons (Fsp3) is 0.824. The van der Waals surface area contributed by atoms with Crippen LogP contribution in [0, 0.1) is 12.8 Å². The Hall–Kier alpha value is -0.900. The molecule has 0 saturated carbocycles. The van der Waals surface area contributed by atoms with Crippen molar-refractivity contribution >= 4 is 29.9 Å². The van der Waals surface area contributed by atoms with E-state index in [4.69, 9.17) is 4.52 Å². The van der Waals surface area contributed by atoms with Gasteiger partial charge < -0.3 is 15.2 Å². The molecule has 1 aliphatic heterocycles. The molecule has 2 rings (SSSR count). The van der Waals surface area contributed by atoms with Crippen LogP contribution in [0.15, 0.2) is 9.52 Å². The van der Waals surface area contributed by atoms with Crippen molar-refractivity contribution in [2.24, 2.45) is 10.9 Å². The highest BCUT2D eigenvalue weighted by Crippen LogP contribution is 2.17. The molecule has 1 unspecified atom stereocenters. The molecule has 1 saturated heterocycles. The first-order valence-corrected chi connectivity index (χ1v) is 9.08. The number of aromatic nitrogens is 2. The Morgan fingerprint density at radius 2 is 1.88 bits per heavy atom. The van der Waals surface area contributed by atoms with Gasteiger partial charge in [0, 0.05) is 26.6 Å². The summed E-state index contributed by atoms with van der Waals surface area (Å²) in [5, 5.41) is 10.6. The van der Waals surface area contributed by atoms with Crippen LogP contribution in [-0.4, -0.2) is 53.7 Å². The Kier molecular flexibility index (Phi) is 10.3. The van der Waals surface area contributed by atoms with Gasteiger partial charge in [0.15, 0.2) is 11.8 Å². The van der Waals surface area contributed by atoms with Crippen molar-refractivity contribution in [3.05, 3.63) is 11.7 Å². The third-order valence-electron chi connectivity index (χ3n) is 4.57. The lowest BCUT2D eigenvalue weighted by molar-refractivity contribution is 0.161. The number of hydrogen-bond donors (Lipinski definition) is 2. The van der Waals surface area contributed by atoms with E-state index in [1.807, 2.05) is 0 Å². The molecule has 144 valence electrons. The number of likely N-dealkylation sites (tertiary alicyclic amines) is 1. The summed E-state index contributed by atoms with van der Waals surface area (Å²) in [5.41, 5.74) is 0. The second-order valence-corrected chi connectivity index (χ2v) is 6.80. The minimum atomic E-state index is 0. The molecule has 1 atom stereocenters. The molecule has 1 aliphatic rings. The van der Waals surface area contributed by atoms with Crippen LogP contribution < -0.4 is 10.6 Å². The zero-order valence-electron chi connectivity index (χ0n) is 15.9. The predicted molar refractivity (Wildman–Crippen MR) is 111 cm³/mol. The lowest BCUT2D eigenvalue weighted by Crippen LogP contribution is -2.49. The van der Waals surface area contributed by atoms with Gasteiger partial charge in [0.05, 0.1) is 6.54 Å². The molecule has 0 amide bonds. The van der Waals surface area contributed by atoms with Gasteiger partial charge in [-0.15, -0.1) is 24.0 Å². The van der Waals surface area contributed by atoms with Crippen molar-refractivity contribution in [1.82, 2.24) is 25.7 Å². The first-order chi connectivity index (χ1) is 11.6. The molecule has 25 heavy (non-hydrogen) atoms. The minimum Gasteiger partial charge on any atom is -0.355 e. The average Bonchev–Trinajstić information content (AvgIpc) is 2.81. The van der Waals surface area contributed by atoms with E-state index in [1.165, 1.54) is 38.8 Å². The summed E-state index contributed by atoms with van der Waals surface area (Å²) < 4.78 is 4.98. The lowest BCUT2D eigenvalue weighted by Gasteiger charge is -2.34. The Morgan fingerprint density at radius 3 is 2.40 bits per heavy atom. The van der Waals surface area contributed by atoms with E-state index >= 15 is 0 Å². The molecule has 0 spiro atoms. The predicted octanol–water partition coefficient (Wildman–Crippen LogP) is 2.56. The number of aliphatic imine (C=N–C) groups is 1. The Labute approximate surface area is 168 Å². The highest BCUT2D eigenvalue weighted by molar-refractivity contribution is 14.0. The largest absolute Gasteiger partial charge is 0.355 e. The summed E-state index contributed by atoms with van der Waals surface area (Å²) in [6, 6.07) is 0.522. The maximum absolute atomic E-state index is 4.98. The standard InChI is InChI=1S/C17H32N6O.HI/c1-13(2)15(23-9-7-5-6-8-10-23)11-19-17(18-4)20-12-16-21-14(3)24-22-16;/h13,15H,5-12H2,1-4H3,(H2,18,19,20);1H. The number of guanidine groups is 1. The summed E-state index contributed by atoms with van der Waals surface area (Å²) in [6.07, 6.45) is 5.35. The SMILES string of the molecule is CN=C(NCc1noc(C)n1)NCC(C(C)C)N1CCCCCC1.I. The third-order valence-corrected chi connectivity index (χ3v) is 4.57. The molecular weight excluding hydrogens is 431 g/mol. The van der Waals surface area contributed by atoms with Crippen LogP contribution in [0.1, 0.15) is 51.2 Å². The first-order valence-electron chi connectivity index (χ1n) is 9.08. The quantitative estimate of drug-likeness (QED) is 0.383. The molecule has 7 nitrogen and oxygen atoms in total. The summed E-state index contributed by atoms with van der Waals surface area (Å²) in [5.74, 6) is 2.60. The zero-order chi connectivity index (χ0) is 17.4. The van der Waals surface area contributed by atoms with Crippen LogP contribution in [-0.2, 0) is 6.54 Å². The van der Waals surface area contributed by atoms with E-state index in [2.05, 4.69) is 44.5 Å². The summed E-state index contributed by atoms with van der Waals surface area (Å²) >= 11 is 0. The number of hydrogen-bond acceptors (Lipinski definition) is 5. The molecule has 0 aromatic carbocycles. The van der Waals surface area contributed by atoms with Gasteiger partial charge in [-0.2, -0.15) is 4.98 Å². The van der Waals surface area contributed by atoms with Gasteiger partial charge in [0.2, 0.25) is 5.89 Å². The van der Waals surface area contributed by atoms with E-state index in [9.17, 15) is 0 Å². The summed E-state index contributed by atoms with van der Waals surface area (Å²) in [6.45, 7) is 10.2.